The number of hydrogen-bond donors (Lipinski definition) is 2. The van der Waals surface area contributed by atoms with Crippen LogP contribution in [-0.4, -0.2) is 41.4 Å². The molecule has 1 aromatic carbocycles. The Morgan fingerprint density at radius 1 is 1.42 bits per heavy atom. The Kier molecular flexibility index (Phi) is 4.81. The van der Waals surface area contributed by atoms with Crippen molar-refractivity contribution in [2.45, 2.75) is 6.04 Å². The van der Waals surface area contributed by atoms with Gasteiger partial charge in [0.25, 0.3) is 0 Å². The Morgan fingerprint density at radius 2 is 2.16 bits per heavy atom. The van der Waals surface area contributed by atoms with Crippen molar-refractivity contribution < 1.29 is 9.59 Å². The van der Waals surface area contributed by atoms with Crippen molar-refractivity contribution in [2.75, 3.05) is 24.7 Å². The summed E-state index contributed by atoms with van der Waals surface area (Å²) in [6.45, 7) is 0.491. The van der Waals surface area contributed by atoms with Crippen LogP contribution in [0.1, 0.15) is 11.6 Å². The molecule has 2 amide bonds. The van der Waals surface area contributed by atoms with Crippen molar-refractivity contribution in [3.8, 4) is 0 Å². The van der Waals surface area contributed by atoms with Crippen LogP contribution in [0, 0.1) is 0 Å². The van der Waals surface area contributed by atoms with Crippen LogP contribution in [0.15, 0.2) is 30.3 Å². The number of hydrogen-bond acceptors (Lipinski definition) is 4. The van der Waals surface area contributed by atoms with Crippen LogP contribution in [0.25, 0.3) is 0 Å². The second-order valence-electron chi connectivity index (χ2n) is 4.39. The topological polar surface area (TPSA) is 75.4 Å². The van der Waals surface area contributed by atoms with E-state index in [1.165, 1.54) is 11.8 Å². The van der Waals surface area contributed by atoms with Gasteiger partial charge in [-0.05, 0) is 5.56 Å². The average Bonchev–Trinajstić information content (AvgIpc) is 2.82. The molecule has 1 aromatic rings. The van der Waals surface area contributed by atoms with E-state index in [2.05, 4.69) is 5.32 Å². The molecule has 1 heterocycles. The van der Waals surface area contributed by atoms with E-state index >= 15 is 0 Å². The van der Waals surface area contributed by atoms with Crippen LogP contribution in [-0.2, 0) is 9.59 Å². The van der Waals surface area contributed by atoms with Gasteiger partial charge in [-0.15, -0.1) is 11.8 Å². The average molecular weight is 279 g/mol. The first-order valence-electron chi connectivity index (χ1n) is 6.09. The third-order valence-electron chi connectivity index (χ3n) is 2.91. The Labute approximate surface area is 116 Å². The smallest absolute Gasteiger partial charge is 0.239 e. The third-order valence-corrected chi connectivity index (χ3v) is 3.85. The minimum atomic E-state index is -0.228. The molecular weight excluding hydrogens is 262 g/mol. The highest BCUT2D eigenvalue weighted by Crippen LogP contribution is 2.14. The normalized spacial score (nSPS) is 16.5. The second kappa shape index (κ2) is 6.58. The zero-order valence-corrected chi connectivity index (χ0v) is 11.4. The zero-order chi connectivity index (χ0) is 13.7. The number of carbonyl (C=O) groups is 2. The summed E-state index contributed by atoms with van der Waals surface area (Å²) in [5.74, 6) is 0.920. The van der Waals surface area contributed by atoms with E-state index in [9.17, 15) is 9.59 Å². The van der Waals surface area contributed by atoms with Crippen LogP contribution < -0.4 is 11.1 Å². The quantitative estimate of drug-likeness (QED) is 0.815. The van der Waals surface area contributed by atoms with E-state index in [4.69, 9.17) is 5.73 Å². The van der Waals surface area contributed by atoms with Crippen LogP contribution in [0.2, 0.25) is 0 Å². The lowest BCUT2D eigenvalue weighted by atomic mass is 10.1. The van der Waals surface area contributed by atoms with E-state index < -0.39 is 0 Å². The summed E-state index contributed by atoms with van der Waals surface area (Å²) in [5.41, 5.74) is 6.96. The molecule has 1 saturated heterocycles. The Bertz CT molecular complexity index is 452. The van der Waals surface area contributed by atoms with Gasteiger partial charge in [0, 0.05) is 12.6 Å². The summed E-state index contributed by atoms with van der Waals surface area (Å²) in [5, 5.41) is 2.76. The highest BCUT2D eigenvalue weighted by Gasteiger charge is 2.22. The number of nitrogens with one attached hydrogen (secondary N) is 1. The number of nitrogens with zero attached hydrogens (tertiary/aromatic N) is 1. The molecule has 1 unspecified atom stereocenters. The van der Waals surface area contributed by atoms with Crippen LogP contribution in [0.3, 0.4) is 0 Å². The maximum Gasteiger partial charge on any atom is 0.239 e. The molecular formula is C13H17N3O2S. The number of thioether (sulfide) groups is 1. The van der Waals surface area contributed by atoms with Gasteiger partial charge in [-0.3, -0.25) is 9.59 Å². The minimum absolute atomic E-state index is 0.0208. The number of amides is 2. The van der Waals surface area contributed by atoms with Gasteiger partial charge in [-0.2, -0.15) is 0 Å². The molecule has 5 nitrogen and oxygen atoms in total. The SMILES string of the molecule is NC(CNC(=O)CN1CSCC1=O)c1ccccc1. The van der Waals surface area contributed by atoms with Crippen LogP contribution >= 0.6 is 11.8 Å². The molecule has 0 bridgehead atoms. The molecule has 102 valence electrons. The molecule has 0 aliphatic carbocycles. The van der Waals surface area contributed by atoms with E-state index in [0.717, 1.165) is 5.56 Å². The first kappa shape index (κ1) is 13.9. The largest absolute Gasteiger partial charge is 0.353 e. The van der Waals surface area contributed by atoms with Crippen molar-refractivity contribution >= 4 is 23.6 Å². The van der Waals surface area contributed by atoms with E-state index in [1.807, 2.05) is 30.3 Å². The second-order valence-corrected chi connectivity index (χ2v) is 5.35. The molecule has 0 aromatic heterocycles. The van der Waals surface area contributed by atoms with Crippen molar-refractivity contribution in [3.05, 3.63) is 35.9 Å². The van der Waals surface area contributed by atoms with Gasteiger partial charge < -0.3 is 16.0 Å². The lowest BCUT2D eigenvalue weighted by Crippen LogP contribution is -2.40. The summed E-state index contributed by atoms with van der Waals surface area (Å²) in [7, 11) is 0. The third kappa shape index (κ3) is 3.97. The van der Waals surface area contributed by atoms with E-state index in [-0.39, 0.29) is 24.4 Å². The summed E-state index contributed by atoms with van der Waals surface area (Å²) < 4.78 is 0. The number of rotatable bonds is 5. The standard InChI is InChI=1S/C13H17N3O2S/c14-11(10-4-2-1-3-5-10)6-15-12(17)7-16-9-19-8-13(16)18/h1-5,11H,6-9,14H2,(H,15,17). The highest BCUT2D eigenvalue weighted by atomic mass is 32.2. The zero-order valence-electron chi connectivity index (χ0n) is 10.5. The molecule has 1 aliphatic heterocycles. The van der Waals surface area contributed by atoms with Crippen molar-refractivity contribution in [1.29, 1.82) is 0 Å². The van der Waals surface area contributed by atoms with Gasteiger partial charge in [0.05, 0.1) is 11.6 Å². The van der Waals surface area contributed by atoms with Gasteiger partial charge in [-0.25, -0.2) is 0 Å². The predicted molar refractivity (Wildman–Crippen MR) is 75.4 cm³/mol. The Morgan fingerprint density at radius 3 is 2.79 bits per heavy atom. The fourth-order valence-corrected chi connectivity index (χ4v) is 2.72. The van der Waals surface area contributed by atoms with E-state index in [1.54, 1.807) is 4.90 Å². The lowest BCUT2D eigenvalue weighted by Gasteiger charge is -2.16. The maximum absolute atomic E-state index is 11.7. The first-order valence-corrected chi connectivity index (χ1v) is 7.25. The Hall–Kier alpha value is -1.53. The molecule has 1 fully saturated rings. The maximum atomic E-state index is 11.7. The molecule has 1 aliphatic rings. The molecule has 0 spiro atoms. The highest BCUT2D eigenvalue weighted by molar-refractivity contribution is 8.00. The summed E-state index contributed by atoms with van der Waals surface area (Å²) in [4.78, 5) is 24.6. The van der Waals surface area contributed by atoms with Gasteiger partial charge in [0.15, 0.2) is 0 Å². The van der Waals surface area contributed by atoms with E-state index in [0.29, 0.717) is 18.2 Å². The van der Waals surface area contributed by atoms with Gasteiger partial charge in [-0.1, -0.05) is 30.3 Å². The fourth-order valence-electron chi connectivity index (χ4n) is 1.81. The fraction of sp³-hybridized carbons (Fsp3) is 0.385. The van der Waals surface area contributed by atoms with Gasteiger partial charge in [0.2, 0.25) is 11.8 Å². The summed E-state index contributed by atoms with van der Waals surface area (Å²) in [6, 6.07) is 9.38. The predicted octanol–water partition coefficient (Wildman–Crippen LogP) is 0.336. The first-order chi connectivity index (χ1) is 9.16. The molecule has 19 heavy (non-hydrogen) atoms. The molecule has 6 heteroatoms. The number of benzene rings is 1. The van der Waals surface area contributed by atoms with Crippen LogP contribution in [0.4, 0.5) is 0 Å². The summed E-state index contributed by atoms with van der Waals surface area (Å²) >= 11 is 1.53. The van der Waals surface area contributed by atoms with Gasteiger partial charge in [0.1, 0.15) is 6.54 Å². The summed E-state index contributed by atoms with van der Waals surface area (Å²) in [6.07, 6.45) is 0. The minimum Gasteiger partial charge on any atom is -0.353 e. The molecule has 0 saturated carbocycles. The molecule has 2 rings (SSSR count). The lowest BCUT2D eigenvalue weighted by molar-refractivity contribution is -0.132. The van der Waals surface area contributed by atoms with Gasteiger partial charge >= 0.3 is 0 Å². The number of nitrogens with two attached hydrogens (primary N) is 1. The molecule has 0 radical (unpaired) electrons. The van der Waals surface area contributed by atoms with Crippen molar-refractivity contribution in [3.63, 3.8) is 0 Å². The number of carbonyl (C=O) groups excluding carboxylic acids is 2. The monoisotopic (exact) mass is 279 g/mol. The molecule has 3 N–H and O–H groups in total. The van der Waals surface area contributed by atoms with Crippen molar-refractivity contribution in [2.24, 2.45) is 5.73 Å². The van der Waals surface area contributed by atoms with Crippen molar-refractivity contribution in [1.82, 2.24) is 10.2 Å². The van der Waals surface area contributed by atoms with Crippen LogP contribution in [0.5, 0.6) is 0 Å². The molecule has 1 atom stereocenters. The Balaban J connectivity index is 1.76.